The van der Waals surface area contributed by atoms with Crippen LogP contribution in [0.1, 0.15) is 44.1 Å². The van der Waals surface area contributed by atoms with Gasteiger partial charge in [-0.3, -0.25) is 0 Å². The number of urea groups is 1. The second-order valence-corrected chi connectivity index (χ2v) is 8.51. The van der Waals surface area contributed by atoms with E-state index in [1.807, 2.05) is 24.3 Å². The second kappa shape index (κ2) is 9.90. The minimum absolute atomic E-state index is 0.201. The standard InChI is InChI=1S/C22H24N6O4S/c1-4-31-20(29)18-16(23-21(30)24-19(18)17-6-5-11-32-17)12-33-22-25-26-27-28(22)15-9-7-14(8-10-15)13(2)3/h5-11,13,19H,4,12H2,1-3H3,(H2,23,24,30). The Morgan fingerprint density at radius 3 is 2.73 bits per heavy atom. The Morgan fingerprint density at radius 1 is 1.27 bits per heavy atom. The molecule has 0 spiro atoms. The van der Waals surface area contributed by atoms with Crippen molar-refractivity contribution in [3.05, 3.63) is 65.3 Å². The molecule has 0 bridgehead atoms. The van der Waals surface area contributed by atoms with Gasteiger partial charge in [-0.15, -0.1) is 5.10 Å². The van der Waals surface area contributed by atoms with Crippen LogP contribution in [0.4, 0.5) is 4.79 Å². The van der Waals surface area contributed by atoms with Crippen LogP contribution < -0.4 is 10.6 Å². The number of esters is 1. The average molecular weight is 469 g/mol. The Kier molecular flexibility index (Phi) is 6.78. The van der Waals surface area contributed by atoms with Crippen molar-refractivity contribution < 1.29 is 18.7 Å². The van der Waals surface area contributed by atoms with Gasteiger partial charge in [-0.05, 0) is 53.1 Å². The highest BCUT2D eigenvalue weighted by molar-refractivity contribution is 7.99. The molecule has 0 aliphatic carbocycles. The number of aromatic nitrogens is 4. The van der Waals surface area contributed by atoms with Gasteiger partial charge >= 0.3 is 12.0 Å². The molecule has 1 aromatic carbocycles. The van der Waals surface area contributed by atoms with Crippen LogP contribution >= 0.6 is 11.8 Å². The molecule has 1 aliphatic heterocycles. The van der Waals surface area contributed by atoms with E-state index in [1.54, 1.807) is 23.7 Å². The van der Waals surface area contributed by atoms with Crippen molar-refractivity contribution in [2.75, 3.05) is 12.4 Å². The molecule has 2 aromatic heterocycles. The van der Waals surface area contributed by atoms with E-state index in [9.17, 15) is 9.59 Å². The van der Waals surface area contributed by atoms with Gasteiger partial charge in [0.25, 0.3) is 0 Å². The van der Waals surface area contributed by atoms with Crippen LogP contribution in [0.2, 0.25) is 0 Å². The van der Waals surface area contributed by atoms with Crippen LogP contribution in [0, 0.1) is 0 Å². The number of tetrazole rings is 1. The number of amides is 2. The fourth-order valence-corrected chi connectivity index (χ4v) is 4.28. The van der Waals surface area contributed by atoms with E-state index < -0.39 is 18.0 Å². The zero-order valence-corrected chi connectivity index (χ0v) is 19.3. The Labute approximate surface area is 194 Å². The number of carbonyl (C=O) groups is 2. The summed E-state index contributed by atoms with van der Waals surface area (Å²) in [6.45, 7) is 6.19. The number of ether oxygens (including phenoxy) is 1. The van der Waals surface area contributed by atoms with Crippen LogP contribution in [-0.2, 0) is 9.53 Å². The normalized spacial score (nSPS) is 16.0. The molecule has 10 nitrogen and oxygen atoms in total. The fourth-order valence-electron chi connectivity index (χ4n) is 3.42. The van der Waals surface area contributed by atoms with Gasteiger partial charge in [0.2, 0.25) is 5.16 Å². The van der Waals surface area contributed by atoms with E-state index in [0.717, 1.165) is 5.69 Å². The van der Waals surface area contributed by atoms with Crippen molar-refractivity contribution >= 4 is 23.8 Å². The molecule has 33 heavy (non-hydrogen) atoms. The van der Waals surface area contributed by atoms with Crippen LogP contribution in [0.3, 0.4) is 0 Å². The Morgan fingerprint density at radius 2 is 2.06 bits per heavy atom. The van der Waals surface area contributed by atoms with E-state index >= 15 is 0 Å². The number of hydrogen-bond donors (Lipinski definition) is 2. The Bertz CT molecular complexity index is 1150. The van der Waals surface area contributed by atoms with Gasteiger partial charge in [-0.25, -0.2) is 9.59 Å². The first-order chi connectivity index (χ1) is 16.0. The smallest absolute Gasteiger partial charge is 0.338 e. The summed E-state index contributed by atoms with van der Waals surface area (Å²) in [5, 5.41) is 18.0. The van der Waals surface area contributed by atoms with E-state index in [2.05, 4.69) is 40.0 Å². The number of nitrogens with one attached hydrogen (secondary N) is 2. The van der Waals surface area contributed by atoms with E-state index in [4.69, 9.17) is 9.15 Å². The first kappa shape index (κ1) is 22.6. The molecule has 2 N–H and O–H groups in total. The fraction of sp³-hybridized carbons (Fsp3) is 0.318. The zero-order valence-electron chi connectivity index (χ0n) is 18.4. The van der Waals surface area contributed by atoms with Crippen molar-refractivity contribution in [2.45, 2.75) is 37.9 Å². The summed E-state index contributed by atoms with van der Waals surface area (Å²) in [5.41, 5.74) is 2.72. The molecular weight excluding hydrogens is 444 g/mol. The topological polar surface area (TPSA) is 124 Å². The molecule has 3 heterocycles. The lowest BCUT2D eigenvalue weighted by molar-refractivity contribution is -0.139. The van der Waals surface area contributed by atoms with Crippen molar-refractivity contribution in [1.29, 1.82) is 0 Å². The molecule has 11 heteroatoms. The van der Waals surface area contributed by atoms with Gasteiger partial charge < -0.3 is 19.8 Å². The largest absolute Gasteiger partial charge is 0.467 e. The SMILES string of the molecule is CCOC(=O)C1=C(CSc2nnnn2-c2ccc(C(C)C)cc2)NC(=O)NC1c1ccco1. The highest BCUT2D eigenvalue weighted by atomic mass is 32.2. The molecule has 2 amide bonds. The maximum atomic E-state index is 12.8. The lowest BCUT2D eigenvalue weighted by Crippen LogP contribution is -2.46. The summed E-state index contributed by atoms with van der Waals surface area (Å²) in [5.74, 6) is 0.556. The van der Waals surface area contributed by atoms with Crippen LogP contribution in [0.15, 0.2) is 63.5 Å². The molecule has 3 aromatic rings. The summed E-state index contributed by atoms with van der Waals surface area (Å²) >= 11 is 1.29. The Hall–Kier alpha value is -3.60. The number of nitrogens with zero attached hydrogens (tertiary/aromatic N) is 4. The highest BCUT2D eigenvalue weighted by Crippen LogP contribution is 2.31. The van der Waals surface area contributed by atoms with E-state index in [1.165, 1.54) is 23.6 Å². The maximum Gasteiger partial charge on any atom is 0.338 e. The predicted molar refractivity (Wildman–Crippen MR) is 121 cm³/mol. The zero-order chi connectivity index (χ0) is 23.4. The summed E-state index contributed by atoms with van der Waals surface area (Å²) in [6, 6.07) is 10.2. The number of thioether (sulfide) groups is 1. The van der Waals surface area contributed by atoms with Crippen molar-refractivity contribution in [2.24, 2.45) is 0 Å². The number of hydrogen-bond acceptors (Lipinski definition) is 8. The maximum absolute atomic E-state index is 12.8. The summed E-state index contributed by atoms with van der Waals surface area (Å²) in [4.78, 5) is 25.1. The number of rotatable bonds is 8. The highest BCUT2D eigenvalue weighted by Gasteiger charge is 2.35. The minimum atomic E-state index is -0.761. The molecule has 0 radical (unpaired) electrons. The quantitative estimate of drug-likeness (QED) is 0.381. The van der Waals surface area contributed by atoms with Gasteiger partial charge in [-0.1, -0.05) is 37.7 Å². The van der Waals surface area contributed by atoms with Crippen molar-refractivity contribution in [1.82, 2.24) is 30.8 Å². The average Bonchev–Trinajstić information content (AvgIpc) is 3.49. The molecule has 172 valence electrons. The lowest BCUT2D eigenvalue weighted by atomic mass is 10.0. The molecule has 4 rings (SSSR count). The molecular formula is C22H24N6O4S. The minimum Gasteiger partial charge on any atom is -0.467 e. The van der Waals surface area contributed by atoms with E-state index in [0.29, 0.717) is 22.5 Å². The van der Waals surface area contributed by atoms with Gasteiger partial charge in [0.15, 0.2) is 0 Å². The van der Waals surface area contributed by atoms with Crippen LogP contribution in [-0.4, -0.2) is 44.6 Å². The first-order valence-electron chi connectivity index (χ1n) is 10.5. The predicted octanol–water partition coefficient (Wildman–Crippen LogP) is 3.34. The molecule has 0 fully saturated rings. The van der Waals surface area contributed by atoms with Crippen LogP contribution in [0.25, 0.3) is 5.69 Å². The molecule has 1 atom stereocenters. The third-order valence-electron chi connectivity index (χ3n) is 5.07. The van der Waals surface area contributed by atoms with Gasteiger partial charge in [0.05, 0.1) is 24.1 Å². The Balaban J connectivity index is 1.62. The third-order valence-corrected chi connectivity index (χ3v) is 6.01. The summed E-state index contributed by atoms with van der Waals surface area (Å²) < 4.78 is 12.3. The molecule has 0 saturated carbocycles. The number of carbonyl (C=O) groups excluding carboxylic acids is 2. The van der Waals surface area contributed by atoms with Crippen molar-refractivity contribution in [3.8, 4) is 5.69 Å². The molecule has 0 saturated heterocycles. The van der Waals surface area contributed by atoms with E-state index in [-0.39, 0.29) is 17.9 Å². The number of furan rings is 1. The van der Waals surface area contributed by atoms with Gasteiger partial charge in [0.1, 0.15) is 11.8 Å². The third kappa shape index (κ3) is 4.92. The summed E-state index contributed by atoms with van der Waals surface area (Å²) in [6.07, 6.45) is 1.49. The monoisotopic (exact) mass is 468 g/mol. The first-order valence-corrected chi connectivity index (χ1v) is 11.5. The van der Waals surface area contributed by atoms with Gasteiger partial charge in [0, 0.05) is 11.4 Å². The molecule has 1 unspecified atom stereocenters. The van der Waals surface area contributed by atoms with Gasteiger partial charge in [-0.2, -0.15) is 4.68 Å². The van der Waals surface area contributed by atoms with Crippen LogP contribution in [0.5, 0.6) is 0 Å². The summed E-state index contributed by atoms with van der Waals surface area (Å²) in [7, 11) is 0. The second-order valence-electron chi connectivity index (χ2n) is 7.57. The lowest BCUT2D eigenvalue weighted by Gasteiger charge is -2.27. The number of benzene rings is 1. The molecule has 1 aliphatic rings. The van der Waals surface area contributed by atoms with Crippen molar-refractivity contribution in [3.63, 3.8) is 0 Å².